The van der Waals surface area contributed by atoms with Crippen LogP contribution in [0.15, 0.2) is 23.6 Å². The first-order valence-electron chi connectivity index (χ1n) is 8.42. The Kier molecular flexibility index (Phi) is 4.92. The van der Waals surface area contributed by atoms with Gasteiger partial charge in [0.1, 0.15) is 15.0 Å². The number of hydrogen-bond acceptors (Lipinski definition) is 9. The van der Waals surface area contributed by atoms with E-state index in [-0.39, 0.29) is 0 Å². The van der Waals surface area contributed by atoms with Gasteiger partial charge >= 0.3 is 0 Å². The molecule has 0 atom stereocenters. The molecule has 4 aromatic heterocycles. The predicted octanol–water partition coefficient (Wildman–Crippen LogP) is 2.27. The van der Waals surface area contributed by atoms with E-state index in [0.717, 1.165) is 37.9 Å². The van der Waals surface area contributed by atoms with Crippen LogP contribution in [0.2, 0.25) is 0 Å². The molecule has 9 nitrogen and oxygen atoms in total. The van der Waals surface area contributed by atoms with Gasteiger partial charge < -0.3 is 10.3 Å². The highest BCUT2D eigenvalue weighted by molar-refractivity contribution is 7.19. The molecular weight excluding hydrogens is 396 g/mol. The van der Waals surface area contributed by atoms with Crippen molar-refractivity contribution in [3.8, 4) is 0 Å². The lowest BCUT2D eigenvalue weighted by molar-refractivity contribution is 0.111. The topological polar surface area (TPSA) is 118 Å². The van der Waals surface area contributed by atoms with E-state index >= 15 is 0 Å². The molecule has 0 saturated carbocycles. The number of H-pyrrole nitrogens is 1. The zero-order valence-corrected chi connectivity index (χ0v) is 16.9. The monoisotopic (exact) mass is 414 g/mol. The number of nitrogens with zero attached hydrogens (tertiary/aromatic N) is 6. The van der Waals surface area contributed by atoms with E-state index in [1.54, 1.807) is 39.5 Å². The molecule has 0 bridgehead atoms. The highest BCUT2D eigenvalue weighted by atomic mass is 32.1. The summed E-state index contributed by atoms with van der Waals surface area (Å²) >= 11 is 2.98. The molecular formula is C17H18N8OS2. The van der Waals surface area contributed by atoms with Gasteiger partial charge in [0.25, 0.3) is 0 Å². The number of carbonyl (C=O) groups is 1. The first-order valence-corrected chi connectivity index (χ1v) is 10.1. The van der Waals surface area contributed by atoms with Crippen molar-refractivity contribution in [2.45, 2.75) is 13.0 Å². The molecule has 3 N–H and O–H groups in total. The summed E-state index contributed by atoms with van der Waals surface area (Å²) in [7, 11) is 3.69. The molecule has 144 valence electrons. The Morgan fingerprint density at radius 3 is 2.93 bits per heavy atom. The van der Waals surface area contributed by atoms with Gasteiger partial charge in [0.05, 0.1) is 35.0 Å². The van der Waals surface area contributed by atoms with E-state index in [4.69, 9.17) is 5.73 Å². The summed E-state index contributed by atoms with van der Waals surface area (Å²) in [5.74, 6) is 0. The van der Waals surface area contributed by atoms with Crippen molar-refractivity contribution in [1.29, 1.82) is 0 Å². The molecule has 4 heterocycles. The molecule has 0 spiro atoms. The van der Waals surface area contributed by atoms with E-state index in [2.05, 4.69) is 25.3 Å². The van der Waals surface area contributed by atoms with Gasteiger partial charge in [-0.25, -0.2) is 9.97 Å². The van der Waals surface area contributed by atoms with Gasteiger partial charge in [-0.3, -0.25) is 14.9 Å². The fourth-order valence-electron chi connectivity index (χ4n) is 2.85. The van der Waals surface area contributed by atoms with E-state index in [9.17, 15) is 4.79 Å². The first-order chi connectivity index (χ1) is 13.5. The van der Waals surface area contributed by atoms with Gasteiger partial charge in [-0.1, -0.05) is 11.3 Å². The van der Waals surface area contributed by atoms with Crippen molar-refractivity contribution in [1.82, 2.24) is 29.7 Å². The number of aldehydes is 1. The number of nitrogens with two attached hydrogens (primary N) is 1. The second kappa shape index (κ2) is 7.52. The minimum atomic E-state index is 0.540. The molecule has 0 fully saturated rings. The molecule has 0 saturated heterocycles. The molecule has 0 aliphatic heterocycles. The molecule has 4 rings (SSSR count). The summed E-state index contributed by atoms with van der Waals surface area (Å²) in [5, 5.41) is 15.7. The van der Waals surface area contributed by atoms with E-state index in [0.29, 0.717) is 23.7 Å². The Hall–Kier alpha value is -3.05. The molecule has 0 unspecified atom stereocenters. The maximum atomic E-state index is 11.6. The van der Waals surface area contributed by atoms with Crippen LogP contribution in [0.5, 0.6) is 0 Å². The van der Waals surface area contributed by atoms with Gasteiger partial charge in [0, 0.05) is 32.3 Å². The van der Waals surface area contributed by atoms with E-state index in [1.165, 1.54) is 11.3 Å². The number of anilines is 1. The number of hydrazone groups is 1. The zero-order chi connectivity index (χ0) is 19.7. The average molecular weight is 415 g/mol. The number of nitrogens with one attached hydrogen (secondary N) is 1. The van der Waals surface area contributed by atoms with Gasteiger partial charge in [-0.05, 0) is 6.07 Å². The minimum Gasteiger partial charge on any atom is -0.389 e. The van der Waals surface area contributed by atoms with Gasteiger partial charge in [-0.2, -0.15) is 10.2 Å². The number of rotatable bonds is 7. The molecule has 11 heteroatoms. The van der Waals surface area contributed by atoms with Crippen LogP contribution in [-0.4, -0.2) is 49.3 Å². The Morgan fingerprint density at radius 1 is 1.39 bits per heavy atom. The van der Waals surface area contributed by atoms with Crippen molar-refractivity contribution in [3.63, 3.8) is 0 Å². The van der Waals surface area contributed by atoms with Gasteiger partial charge in [0.15, 0.2) is 11.9 Å². The number of aromatic nitrogens is 5. The number of aromatic amines is 1. The van der Waals surface area contributed by atoms with Crippen LogP contribution in [0.4, 0.5) is 5.00 Å². The number of fused-ring (bicyclic) bond motifs is 1. The fraction of sp³-hybridized carbons (Fsp3) is 0.235. The van der Waals surface area contributed by atoms with Gasteiger partial charge in [0.2, 0.25) is 0 Å². The number of nitrogen functional groups attached to an aromatic ring is 1. The van der Waals surface area contributed by atoms with E-state index < -0.39 is 0 Å². The highest BCUT2D eigenvalue weighted by Gasteiger charge is 2.18. The van der Waals surface area contributed by atoms with Crippen LogP contribution >= 0.6 is 22.7 Å². The lowest BCUT2D eigenvalue weighted by Gasteiger charge is -2.10. The van der Waals surface area contributed by atoms with Crippen LogP contribution in [-0.2, 0) is 20.0 Å². The summed E-state index contributed by atoms with van der Waals surface area (Å²) in [6, 6.07) is 1.92. The smallest absolute Gasteiger partial charge is 0.167 e. The van der Waals surface area contributed by atoms with Crippen molar-refractivity contribution in [2.75, 3.05) is 12.8 Å². The first kappa shape index (κ1) is 18.3. The summed E-state index contributed by atoms with van der Waals surface area (Å²) in [6.45, 7) is 0.540. The highest BCUT2D eigenvalue weighted by Crippen LogP contribution is 2.30. The SMILES string of the molecule is CN(Cc1ncc(N)s1)/N=C\c1c(C=O)n(C)c2nc(Cc3cc[nH]n3)sc12. The third-order valence-corrected chi connectivity index (χ3v) is 6.06. The molecule has 0 amide bonds. The predicted molar refractivity (Wildman–Crippen MR) is 111 cm³/mol. The van der Waals surface area contributed by atoms with Crippen LogP contribution in [0.25, 0.3) is 10.3 Å². The Bertz CT molecular complexity index is 1140. The third-order valence-electron chi connectivity index (χ3n) is 4.18. The molecule has 0 radical (unpaired) electrons. The number of hydrogen-bond donors (Lipinski definition) is 2. The minimum absolute atomic E-state index is 0.540. The van der Waals surface area contributed by atoms with Crippen LogP contribution < -0.4 is 5.73 Å². The van der Waals surface area contributed by atoms with Crippen LogP contribution in [0.3, 0.4) is 0 Å². The molecule has 0 aromatic carbocycles. The lowest BCUT2D eigenvalue weighted by Crippen LogP contribution is -2.10. The molecule has 4 aromatic rings. The summed E-state index contributed by atoms with van der Waals surface area (Å²) in [6.07, 6.45) is 6.61. The summed E-state index contributed by atoms with van der Waals surface area (Å²) in [5.41, 5.74) is 8.73. The molecule has 0 aliphatic carbocycles. The van der Waals surface area contributed by atoms with Gasteiger partial charge in [-0.15, -0.1) is 11.3 Å². The Balaban J connectivity index is 1.62. The summed E-state index contributed by atoms with van der Waals surface area (Å²) < 4.78 is 2.74. The lowest BCUT2D eigenvalue weighted by atomic mass is 10.3. The normalized spacial score (nSPS) is 11.6. The Morgan fingerprint density at radius 2 is 2.25 bits per heavy atom. The second-order valence-electron chi connectivity index (χ2n) is 6.20. The van der Waals surface area contributed by atoms with E-state index in [1.807, 2.05) is 20.2 Å². The van der Waals surface area contributed by atoms with Crippen molar-refractivity contribution in [2.24, 2.45) is 12.1 Å². The third kappa shape index (κ3) is 3.53. The second-order valence-corrected chi connectivity index (χ2v) is 8.43. The maximum Gasteiger partial charge on any atom is 0.167 e. The average Bonchev–Trinajstić information content (AvgIpc) is 3.42. The Labute approximate surface area is 168 Å². The molecule has 0 aliphatic rings. The number of aryl methyl sites for hydroxylation is 1. The number of carbonyl (C=O) groups excluding carboxylic acids is 1. The molecule has 28 heavy (non-hydrogen) atoms. The van der Waals surface area contributed by atoms with Crippen LogP contribution in [0.1, 0.15) is 31.8 Å². The van der Waals surface area contributed by atoms with Crippen molar-refractivity contribution >= 4 is 50.5 Å². The van der Waals surface area contributed by atoms with Crippen molar-refractivity contribution in [3.05, 3.63) is 45.4 Å². The van der Waals surface area contributed by atoms with Crippen molar-refractivity contribution < 1.29 is 4.79 Å². The standard InChI is InChI=1S/C17H18N8OS2/c1-24(8-15-19-7-13(18)27-15)21-6-11-12(9-26)25(2)17-16(11)28-14(22-17)5-10-3-4-20-23-10/h3-4,6-7,9H,5,8,18H2,1-2H3,(H,20,23)/b21-6-. The largest absolute Gasteiger partial charge is 0.389 e. The number of thiazole rings is 2. The quantitative estimate of drug-likeness (QED) is 0.272. The fourth-order valence-corrected chi connectivity index (χ4v) is 4.71. The maximum absolute atomic E-state index is 11.6. The van der Waals surface area contributed by atoms with Crippen LogP contribution in [0, 0.1) is 0 Å². The summed E-state index contributed by atoms with van der Waals surface area (Å²) in [4.78, 5) is 20.6. The zero-order valence-electron chi connectivity index (χ0n) is 15.3.